The third-order valence-corrected chi connectivity index (χ3v) is 13.4. The molecule has 5 aliphatic carbocycles. The molecule has 31 heavy (non-hydrogen) atoms. The van der Waals surface area contributed by atoms with Gasteiger partial charge in [-0.05, 0) is 114 Å². The lowest BCUT2D eigenvalue weighted by Gasteiger charge is -2.71. The SMILES string of the molecule is C[C@H]1[C@@H](C)CC[C@]2(C)CC[C@@]3(C)C(=CC[C@H]4[C@@]5(C)CC[C@H](O)C(C)(C)[C@@H]5CC[C@]43C)[C@@H]12. The molecule has 1 N–H and O–H groups in total. The zero-order chi connectivity index (χ0) is 22.6. The number of hydrogen-bond donors (Lipinski definition) is 1. The summed E-state index contributed by atoms with van der Waals surface area (Å²) < 4.78 is 0. The van der Waals surface area contributed by atoms with E-state index in [1.807, 2.05) is 5.57 Å². The van der Waals surface area contributed by atoms with Gasteiger partial charge in [-0.25, -0.2) is 0 Å². The molecular formula is C30H50O. The summed E-state index contributed by atoms with van der Waals surface area (Å²) in [6.45, 7) is 20.5. The molecule has 5 aliphatic rings. The predicted molar refractivity (Wildman–Crippen MR) is 131 cm³/mol. The van der Waals surface area contributed by atoms with E-state index in [9.17, 15) is 5.11 Å². The average molecular weight is 427 g/mol. The fourth-order valence-corrected chi connectivity index (χ4v) is 10.8. The number of allylic oxidation sites excluding steroid dienone is 2. The summed E-state index contributed by atoms with van der Waals surface area (Å²) in [5.41, 5.74) is 3.60. The topological polar surface area (TPSA) is 20.2 Å². The Morgan fingerprint density at radius 1 is 0.806 bits per heavy atom. The molecule has 1 nitrogen and oxygen atoms in total. The molecule has 0 bridgehead atoms. The van der Waals surface area contributed by atoms with E-state index >= 15 is 0 Å². The van der Waals surface area contributed by atoms with Crippen molar-refractivity contribution in [1.29, 1.82) is 0 Å². The molecule has 0 saturated heterocycles. The molecule has 5 rings (SSSR count). The van der Waals surface area contributed by atoms with E-state index in [4.69, 9.17) is 0 Å². The van der Waals surface area contributed by atoms with Gasteiger partial charge < -0.3 is 5.11 Å². The van der Waals surface area contributed by atoms with Gasteiger partial charge >= 0.3 is 0 Å². The Labute approximate surface area is 192 Å². The molecule has 4 fully saturated rings. The van der Waals surface area contributed by atoms with Gasteiger partial charge in [0.1, 0.15) is 0 Å². The Bertz CT molecular complexity index is 779. The fourth-order valence-electron chi connectivity index (χ4n) is 10.8. The van der Waals surface area contributed by atoms with Gasteiger partial charge in [0.2, 0.25) is 0 Å². The molecule has 4 saturated carbocycles. The molecule has 0 aromatic heterocycles. The van der Waals surface area contributed by atoms with Crippen molar-refractivity contribution in [3.63, 3.8) is 0 Å². The molecule has 1 heteroatoms. The molecular weight excluding hydrogens is 376 g/mol. The van der Waals surface area contributed by atoms with Gasteiger partial charge in [0.15, 0.2) is 0 Å². The maximum atomic E-state index is 10.9. The van der Waals surface area contributed by atoms with Gasteiger partial charge in [0.25, 0.3) is 0 Å². The van der Waals surface area contributed by atoms with Crippen LogP contribution in [0.15, 0.2) is 11.6 Å². The van der Waals surface area contributed by atoms with E-state index in [2.05, 4.69) is 61.5 Å². The summed E-state index contributed by atoms with van der Waals surface area (Å²) in [7, 11) is 0. The van der Waals surface area contributed by atoms with Gasteiger partial charge in [0, 0.05) is 0 Å². The minimum atomic E-state index is -0.125. The molecule has 0 aromatic rings. The Morgan fingerprint density at radius 3 is 2.23 bits per heavy atom. The second-order valence-corrected chi connectivity index (χ2v) is 14.7. The van der Waals surface area contributed by atoms with E-state index in [0.717, 1.165) is 30.1 Å². The van der Waals surface area contributed by atoms with Crippen molar-refractivity contribution >= 4 is 0 Å². The minimum absolute atomic E-state index is 0.0533. The van der Waals surface area contributed by atoms with Crippen molar-refractivity contribution in [2.45, 2.75) is 119 Å². The Balaban J connectivity index is 1.59. The van der Waals surface area contributed by atoms with Crippen LogP contribution in [0.4, 0.5) is 0 Å². The highest BCUT2D eigenvalue weighted by molar-refractivity contribution is 5.33. The van der Waals surface area contributed by atoms with Crippen LogP contribution < -0.4 is 0 Å². The molecule has 0 aromatic carbocycles. The molecule has 0 aliphatic heterocycles. The third kappa shape index (κ3) is 2.65. The first kappa shape index (κ1) is 22.5. The summed E-state index contributed by atoms with van der Waals surface area (Å²) in [5.74, 6) is 3.90. The summed E-state index contributed by atoms with van der Waals surface area (Å²) in [6, 6.07) is 0. The van der Waals surface area contributed by atoms with Gasteiger partial charge in [-0.2, -0.15) is 0 Å². The van der Waals surface area contributed by atoms with Crippen LogP contribution in [0.1, 0.15) is 113 Å². The van der Waals surface area contributed by atoms with E-state index in [1.165, 1.54) is 51.4 Å². The van der Waals surface area contributed by atoms with E-state index in [-0.39, 0.29) is 11.5 Å². The molecule has 0 amide bonds. The Morgan fingerprint density at radius 2 is 1.52 bits per heavy atom. The van der Waals surface area contributed by atoms with Crippen LogP contribution in [0.25, 0.3) is 0 Å². The second-order valence-electron chi connectivity index (χ2n) is 14.7. The van der Waals surface area contributed by atoms with Crippen LogP contribution >= 0.6 is 0 Å². The monoisotopic (exact) mass is 426 g/mol. The normalized spacial score (nSPS) is 58.3. The maximum Gasteiger partial charge on any atom is 0.0594 e. The zero-order valence-electron chi connectivity index (χ0n) is 21.9. The predicted octanol–water partition coefficient (Wildman–Crippen LogP) is 8.02. The van der Waals surface area contributed by atoms with Crippen LogP contribution in [0, 0.1) is 56.7 Å². The number of hydrogen-bond acceptors (Lipinski definition) is 1. The fraction of sp³-hybridized carbons (Fsp3) is 0.933. The average Bonchev–Trinajstić information content (AvgIpc) is 2.69. The maximum absolute atomic E-state index is 10.9. The van der Waals surface area contributed by atoms with E-state index in [0.29, 0.717) is 27.6 Å². The highest BCUT2D eigenvalue weighted by atomic mass is 16.3. The van der Waals surface area contributed by atoms with Gasteiger partial charge in [-0.15, -0.1) is 0 Å². The van der Waals surface area contributed by atoms with Crippen molar-refractivity contribution in [3.8, 4) is 0 Å². The van der Waals surface area contributed by atoms with Crippen molar-refractivity contribution in [2.75, 3.05) is 0 Å². The Kier molecular flexibility index (Phi) is 4.82. The summed E-state index contributed by atoms with van der Waals surface area (Å²) >= 11 is 0. The van der Waals surface area contributed by atoms with Crippen molar-refractivity contribution in [3.05, 3.63) is 11.6 Å². The Hall–Kier alpha value is -0.300. The van der Waals surface area contributed by atoms with Crippen LogP contribution in [-0.2, 0) is 0 Å². The molecule has 10 atom stereocenters. The number of aliphatic hydroxyl groups is 1. The highest BCUT2D eigenvalue weighted by Gasteiger charge is 2.67. The van der Waals surface area contributed by atoms with Gasteiger partial charge in [-0.1, -0.05) is 67.0 Å². The smallest absolute Gasteiger partial charge is 0.0594 e. The standard InChI is InChI=1S/C30H50O/c1-19-11-14-27(5)17-18-29(7)21(25(27)20(19)2)9-10-23-28(6)15-13-24(31)26(3,4)22(28)12-16-30(23,29)8/h9,19-20,22-25,31H,10-18H2,1-8H3/t19-,20-,22-,23-,24-,25+,27+,28-,29-,30+/m0/s1. The van der Waals surface area contributed by atoms with Crippen molar-refractivity contribution < 1.29 is 5.11 Å². The zero-order valence-corrected chi connectivity index (χ0v) is 21.9. The molecule has 0 heterocycles. The number of rotatable bonds is 0. The highest BCUT2D eigenvalue weighted by Crippen LogP contribution is 2.75. The third-order valence-electron chi connectivity index (χ3n) is 13.4. The van der Waals surface area contributed by atoms with Crippen LogP contribution in [0.5, 0.6) is 0 Å². The lowest BCUT2D eigenvalue weighted by Crippen LogP contribution is -2.64. The first-order valence-corrected chi connectivity index (χ1v) is 13.7. The largest absolute Gasteiger partial charge is 0.393 e. The number of aliphatic hydroxyl groups excluding tert-OH is 1. The van der Waals surface area contributed by atoms with Crippen molar-refractivity contribution in [1.82, 2.24) is 0 Å². The lowest BCUT2D eigenvalue weighted by atomic mass is 9.33. The molecule has 176 valence electrons. The van der Waals surface area contributed by atoms with Gasteiger partial charge in [-0.3, -0.25) is 0 Å². The lowest BCUT2D eigenvalue weighted by molar-refractivity contribution is -0.203. The van der Waals surface area contributed by atoms with Crippen LogP contribution in [0.2, 0.25) is 0 Å². The van der Waals surface area contributed by atoms with Crippen LogP contribution in [0.3, 0.4) is 0 Å². The summed E-state index contributed by atoms with van der Waals surface area (Å²) in [5, 5.41) is 10.9. The first-order chi connectivity index (χ1) is 14.3. The molecule has 0 spiro atoms. The summed E-state index contributed by atoms with van der Waals surface area (Å²) in [6.07, 6.45) is 14.5. The van der Waals surface area contributed by atoms with Crippen LogP contribution in [-0.4, -0.2) is 11.2 Å². The summed E-state index contributed by atoms with van der Waals surface area (Å²) in [4.78, 5) is 0. The minimum Gasteiger partial charge on any atom is -0.393 e. The molecule has 0 radical (unpaired) electrons. The van der Waals surface area contributed by atoms with E-state index in [1.54, 1.807) is 0 Å². The molecule has 0 unspecified atom stereocenters. The first-order valence-electron chi connectivity index (χ1n) is 13.7. The quantitative estimate of drug-likeness (QED) is 0.389. The van der Waals surface area contributed by atoms with E-state index < -0.39 is 0 Å². The van der Waals surface area contributed by atoms with Gasteiger partial charge in [0.05, 0.1) is 6.10 Å². The van der Waals surface area contributed by atoms with Crippen molar-refractivity contribution in [2.24, 2.45) is 56.7 Å². The second kappa shape index (κ2) is 6.64. The number of fused-ring (bicyclic) bond motifs is 7.